The Morgan fingerprint density at radius 3 is 2.33 bits per heavy atom. The van der Waals surface area contributed by atoms with Gasteiger partial charge in [0.1, 0.15) is 19.3 Å². The molecular weight excluding hydrogens is 314 g/mol. The highest BCUT2D eigenvalue weighted by Crippen LogP contribution is 2.43. The van der Waals surface area contributed by atoms with Crippen LogP contribution in [0.15, 0.2) is 12.1 Å². The second-order valence-electron chi connectivity index (χ2n) is 4.48. The number of alkyl halides is 4. The number of hydrogen-bond acceptors (Lipinski definition) is 3. The molecule has 1 atom stereocenters. The van der Waals surface area contributed by atoms with Crippen LogP contribution < -0.4 is 14.8 Å². The topological polar surface area (TPSA) is 30.5 Å². The highest BCUT2D eigenvalue weighted by atomic mass is 35.5. The predicted molar refractivity (Wildman–Crippen MR) is 69.8 cm³/mol. The van der Waals surface area contributed by atoms with Crippen molar-refractivity contribution in [3.8, 4) is 11.5 Å². The molecule has 0 fully saturated rings. The van der Waals surface area contributed by atoms with Gasteiger partial charge in [0.25, 0.3) is 0 Å². The average molecular weight is 328 g/mol. The fourth-order valence-corrected chi connectivity index (χ4v) is 2.35. The molecule has 21 heavy (non-hydrogen) atoms. The van der Waals surface area contributed by atoms with Crippen LogP contribution in [-0.2, 0) is 0 Å². The third-order valence-electron chi connectivity index (χ3n) is 3.06. The van der Waals surface area contributed by atoms with Crippen molar-refractivity contribution in [2.75, 3.05) is 19.8 Å². The zero-order valence-electron chi connectivity index (χ0n) is 11.1. The van der Waals surface area contributed by atoms with Gasteiger partial charge < -0.3 is 14.8 Å². The van der Waals surface area contributed by atoms with Crippen molar-refractivity contribution in [2.24, 2.45) is 0 Å². The Balaban J connectivity index is 2.45. The van der Waals surface area contributed by atoms with E-state index in [1.807, 2.05) is 0 Å². The predicted octanol–water partition coefficient (Wildman–Crippen LogP) is 3.66. The quantitative estimate of drug-likeness (QED) is 0.837. The monoisotopic (exact) mass is 327 g/mol. The lowest BCUT2D eigenvalue weighted by atomic mass is 9.99. The van der Waals surface area contributed by atoms with Crippen LogP contribution in [0.1, 0.15) is 18.5 Å². The third-order valence-corrected chi connectivity index (χ3v) is 3.38. The molecule has 1 N–H and O–H groups in total. The van der Waals surface area contributed by atoms with E-state index in [1.54, 1.807) is 6.92 Å². The van der Waals surface area contributed by atoms with Crippen molar-refractivity contribution in [1.82, 2.24) is 5.32 Å². The van der Waals surface area contributed by atoms with Gasteiger partial charge in [-0.1, -0.05) is 18.5 Å². The first-order chi connectivity index (χ1) is 9.87. The van der Waals surface area contributed by atoms with E-state index in [1.165, 1.54) is 12.1 Å². The molecule has 0 saturated carbocycles. The molecule has 0 amide bonds. The normalized spacial score (nSPS) is 16.1. The SMILES string of the molecule is CCNC(c1cc2c(cc1Cl)OCCO2)C(F)(F)C(F)F. The van der Waals surface area contributed by atoms with Gasteiger partial charge in [-0.25, -0.2) is 8.78 Å². The molecule has 0 aromatic heterocycles. The van der Waals surface area contributed by atoms with Crippen LogP contribution in [0.5, 0.6) is 11.5 Å². The Morgan fingerprint density at radius 2 is 1.81 bits per heavy atom. The number of benzene rings is 1. The molecule has 8 heteroatoms. The minimum Gasteiger partial charge on any atom is -0.486 e. The number of hydrogen-bond donors (Lipinski definition) is 1. The molecule has 3 nitrogen and oxygen atoms in total. The van der Waals surface area contributed by atoms with Gasteiger partial charge in [0.15, 0.2) is 11.5 Å². The van der Waals surface area contributed by atoms with E-state index in [9.17, 15) is 17.6 Å². The number of halogens is 5. The molecule has 0 aliphatic carbocycles. The lowest BCUT2D eigenvalue weighted by molar-refractivity contribution is -0.151. The second-order valence-corrected chi connectivity index (χ2v) is 4.89. The average Bonchev–Trinajstić information content (AvgIpc) is 2.44. The third kappa shape index (κ3) is 3.18. The van der Waals surface area contributed by atoms with Crippen LogP contribution in [0.25, 0.3) is 0 Å². The number of nitrogens with one attached hydrogen (secondary N) is 1. The van der Waals surface area contributed by atoms with Crippen molar-refractivity contribution in [3.05, 3.63) is 22.7 Å². The molecule has 2 rings (SSSR count). The van der Waals surface area contributed by atoms with Crippen molar-refractivity contribution >= 4 is 11.6 Å². The largest absolute Gasteiger partial charge is 0.486 e. The van der Waals surface area contributed by atoms with Crippen LogP contribution in [-0.4, -0.2) is 32.1 Å². The fourth-order valence-electron chi connectivity index (χ4n) is 2.08. The zero-order valence-corrected chi connectivity index (χ0v) is 11.9. The van der Waals surface area contributed by atoms with E-state index in [0.29, 0.717) is 12.4 Å². The second kappa shape index (κ2) is 6.27. The zero-order chi connectivity index (χ0) is 15.6. The number of rotatable bonds is 5. The molecule has 0 radical (unpaired) electrons. The lowest BCUT2D eigenvalue weighted by Gasteiger charge is -2.29. The Bertz CT molecular complexity index is 513. The first kappa shape index (κ1) is 16.2. The standard InChI is InChI=1S/C13H14ClF4NO2/c1-2-19-11(13(17,18)12(15)16)7-5-9-10(6-8(7)14)21-4-3-20-9/h5-6,11-12,19H,2-4H2,1H3. The van der Waals surface area contributed by atoms with Gasteiger partial charge in [-0.3, -0.25) is 0 Å². The van der Waals surface area contributed by atoms with Crippen LogP contribution in [0.3, 0.4) is 0 Å². The first-order valence-corrected chi connectivity index (χ1v) is 6.74. The Labute approximate surface area is 124 Å². The van der Waals surface area contributed by atoms with Crippen LogP contribution in [0.2, 0.25) is 5.02 Å². The number of ether oxygens (including phenoxy) is 2. The first-order valence-electron chi connectivity index (χ1n) is 6.36. The summed E-state index contributed by atoms with van der Waals surface area (Å²) in [6, 6.07) is 0.614. The summed E-state index contributed by atoms with van der Waals surface area (Å²) in [6.45, 7) is 2.19. The maximum atomic E-state index is 13.8. The summed E-state index contributed by atoms with van der Waals surface area (Å²) in [5, 5.41) is 2.28. The molecule has 1 aliphatic heterocycles. The van der Waals surface area contributed by atoms with Crippen LogP contribution in [0, 0.1) is 0 Å². The van der Waals surface area contributed by atoms with E-state index >= 15 is 0 Å². The highest BCUT2D eigenvalue weighted by Gasteiger charge is 2.50. The molecular formula is C13H14ClF4NO2. The van der Waals surface area contributed by atoms with Gasteiger partial charge in [0.2, 0.25) is 0 Å². The summed E-state index contributed by atoms with van der Waals surface area (Å²) in [4.78, 5) is 0. The van der Waals surface area contributed by atoms with Gasteiger partial charge in [0, 0.05) is 11.1 Å². The summed E-state index contributed by atoms with van der Waals surface area (Å²) in [5.41, 5.74) is -0.145. The molecule has 1 aromatic carbocycles. The Hall–Kier alpha value is -1.21. The number of fused-ring (bicyclic) bond motifs is 1. The van der Waals surface area contributed by atoms with E-state index in [0.717, 1.165) is 0 Å². The lowest BCUT2D eigenvalue weighted by Crippen LogP contribution is -2.42. The van der Waals surface area contributed by atoms with Crippen molar-refractivity contribution < 1.29 is 27.0 Å². The van der Waals surface area contributed by atoms with Crippen LogP contribution >= 0.6 is 11.6 Å². The van der Waals surface area contributed by atoms with E-state index in [4.69, 9.17) is 21.1 Å². The molecule has 1 aliphatic rings. The smallest absolute Gasteiger partial charge is 0.326 e. The van der Waals surface area contributed by atoms with Crippen LogP contribution in [0.4, 0.5) is 17.6 Å². The maximum absolute atomic E-state index is 13.8. The molecule has 1 aromatic rings. The van der Waals surface area contributed by atoms with Gasteiger partial charge in [-0.05, 0) is 18.2 Å². The minimum atomic E-state index is -4.26. The molecule has 0 spiro atoms. The van der Waals surface area contributed by atoms with Gasteiger partial charge in [-0.2, -0.15) is 8.78 Å². The van der Waals surface area contributed by atoms with E-state index in [-0.39, 0.29) is 29.5 Å². The molecule has 1 unspecified atom stereocenters. The Morgan fingerprint density at radius 1 is 1.24 bits per heavy atom. The maximum Gasteiger partial charge on any atom is 0.326 e. The summed E-state index contributed by atoms with van der Waals surface area (Å²) >= 11 is 5.95. The van der Waals surface area contributed by atoms with Crippen molar-refractivity contribution in [2.45, 2.75) is 25.3 Å². The summed E-state index contributed by atoms with van der Waals surface area (Å²) in [6.07, 6.45) is -3.81. The Kier molecular flexibility index (Phi) is 4.83. The van der Waals surface area contributed by atoms with Crippen molar-refractivity contribution in [1.29, 1.82) is 0 Å². The summed E-state index contributed by atoms with van der Waals surface area (Å²) in [5.74, 6) is -3.73. The van der Waals surface area contributed by atoms with E-state index in [2.05, 4.69) is 5.32 Å². The highest BCUT2D eigenvalue weighted by molar-refractivity contribution is 6.31. The molecule has 118 valence electrons. The fraction of sp³-hybridized carbons (Fsp3) is 0.538. The van der Waals surface area contributed by atoms with Gasteiger partial charge in [0.05, 0.1) is 0 Å². The molecule has 0 saturated heterocycles. The molecule has 0 bridgehead atoms. The summed E-state index contributed by atoms with van der Waals surface area (Å²) < 4.78 is 63.4. The summed E-state index contributed by atoms with van der Waals surface area (Å²) in [7, 11) is 0. The minimum absolute atomic E-state index is 0.0782. The van der Waals surface area contributed by atoms with E-state index < -0.39 is 18.4 Å². The van der Waals surface area contributed by atoms with Gasteiger partial charge >= 0.3 is 12.3 Å². The van der Waals surface area contributed by atoms with Crippen molar-refractivity contribution in [3.63, 3.8) is 0 Å². The molecule has 1 heterocycles. The van der Waals surface area contributed by atoms with Gasteiger partial charge in [-0.15, -0.1) is 0 Å².